The van der Waals surface area contributed by atoms with Crippen molar-refractivity contribution in [2.45, 2.75) is 89.6 Å². The van der Waals surface area contributed by atoms with Crippen molar-refractivity contribution in [3.05, 3.63) is 71.9 Å². The summed E-state index contributed by atoms with van der Waals surface area (Å²) >= 11 is 0. The standard InChI is InChI=1S/C33H46N4P2/c1-31(2,3)26-18-25(20-39(32(4,5)6)28-23-14-21-13-22(16-23)17-24(28)15-21)27(19-26)33(38,29-34-9-7-10-35-29)30-36-11-8-12-37-30/h7-12,18-19,21-25,28H,13-17,20,38H2,1-6H3. The topological polar surface area (TPSA) is 51.6 Å². The van der Waals surface area contributed by atoms with Crippen molar-refractivity contribution in [1.29, 1.82) is 0 Å². The van der Waals surface area contributed by atoms with Crippen LogP contribution in [0.2, 0.25) is 0 Å². The first-order chi connectivity index (χ1) is 18.4. The molecule has 0 N–H and O–H groups in total. The molecule has 5 aliphatic rings. The third-order valence-corrected chi connectivity index (χ3v) is 15.0. The molecule has 0 aliphatic heterocycles. The summed E-state index contributed by atoms with van der Waals surface area (Å²) in [5.74, 6) is 5.77. The number of rotatable bonds is 6. The van der Waals surface area contributed by atoms with Gasteiger partial charge in [-0.2, -0.15) is 0 Å². The lowest BCUT2D eigenvalue weighted by Crippen LogP contribution is -2.49. The van der Waals surface area contributed by atoms with E-state index in [1.807, 2.05) is 36.9 Å². The van der Waals surface area contributed by atoms with Crippen LogP contribution in [0.25, 0.3) is 0 Å². The van der Waals surface area contributed by atoms with Crippen LogP contribution in [0.3, 0.4) is 0 Å². The molecule has 6 heteroatoms. The summed E-state index contributed by atoms with van der Waals surface area (Å²) in [5, 5.41) is -0.353. The van der Waals surface area contributed by atoms with Gasteiger partial charge < -0.3 is 0 Å². The zero-order valence-corrected chi connectivity index (χ0v) is 26.7. The number of allylic oxidation sites excluding steroid dienone is 4. The molecule has 7 rings (SSSR count). The van der Waals surface area contributed by atoms with Gasteiger partial charge in [-0.1, -0.05) is 61.6 Å². The third kappa shape index (κ3) is 5.08. The molecule has 3 unspecified atom stereocenters. The molecule has 208 valence electrons. The fraction of sp³-hybridized carbons (Fsp3) is 0.636. The number of hydrogen-bond donors (Lipinski definition) is 0. The molecule has 0 radical (unpaired) electrons. The molecule has 4 fully saturated rings. The minimum atomic E-state index is -0.667. The highest BCUT2D eigenvalue weighted by molar-refractivity contribution is 7.60. The Labute approximate surface area is 239 Å². The van der Waals surface area contributed by atoms with Crippen molar-refractivity contribution in [3.8, 4) is 0 Å². The number of aromatic nitrogens is 4. The van der Waals surface area contributed by atoms with Gasteiger partial charge in [-0.3, -0.25) is 0 Å². The van der Waals surface area contributed by atoms with E-state index in [-0.39, 0.29) is 13.3 Å². The molecule has 5 aliphatic carbocycles. The van der Waals surface area contributed by atoms with Crippen LogP contribution in [0, 0.1) is 35.0 Å². The van der Waals surface area contributed by atoms with E-state index in [1.54, 1.807) is 0 Å². The molecule has 0 spiro atoms. The molecule has 4 saturated carbocycles. The molecule has 2 heterocycles. The molecule has 0 aromatic carbocycles. The van der Waals surface area contributed by atoms with Crippen LogP contribution in [0.15, 0.2) is 60.2 Å². The van der Waals surface area contributed by atoms with Crippen molar-refractivity contribution >= 4 is 17.2 Å². The highest BCUT2D eigenvalue weighted by Crippen LogP contribution is 2.69. The lowest BCUT2D eigenvalue weighted by atomic mass is 9.56. The Hall–Kier alpha value is -1.50. The number of nitrogens with zero attached hydrogens (tertiary/aromatic N) is 4. The highest BCUT2D eigenvalue weighted by atomic mass is 31.1. The molecule has 0 saturated heterocycles. The van der Waals surface area contributed by atoms with Gasteiger partial charge >= 0.3 is 0 Å². The van der Waals surface area contributed by atoms with Gasteiger partial charge in [-0.15, -0.1) is 9.24 Å². The third-order valence-electron chi connectivity index (χ3n) is 10.0. The van der Waals surface area contributed by atoms with E-state index in [0.717, 1.165) is 41.0 Å². The fourth-order valence-corrected chi connectivity index (χ4v) is 13.0. The van der Waals surface area contributed by atoms with Gasteiger partial charge in [-0.05, 0) is 101 Å². The van der Waals surface area contributed by atoms with Crippen LogP contribution < -0.4 is 0 Å². The minimum absolute atomic E-state index is 0.0633. The first-order valence-corrected chi connectivity index (χ1v) is 17.2. The lowest BCUT2D eigenvalue weighted by Gasteiger charge is -2.59. The van der Waals surface area contributed by atoms with Crippen molar-refractivity contribution in [3.63, 3.8) is 0 Å². The van der Waals surface area contributed by atoms with Crippen LogP contribution in [0.1, 0.15) is 85.3 Å². The summed E-state index contributed by atoms with van der Waals surface area (Å²) in [4.78, 5) is 19.2. The normalized spacial score (nSPS) is 31.3. The maximum Gasteiger partial charge on any atom is 0.149 e. The van der Waals surface area contributed by atoms with Gasteiger partial charge in [0.2, 0.25) is 0 Å². The summed E-state index contributed by atoms with van der Waals surface area (Å²) in [7, 11) is 2.93. The zero-order valence-electron chi connectivity index (χ0n) is 24.6. The molecule has 3 atom stereocenters. The van der Waals surface area contributed by atoms with Gasteiger partial charge in [0.25, 0.3) is 0 Å². The van der Waals surface area contributed by atoms with Gasteiger partial charge in [-0.25, -0.2) is 19.9 Å². The summed E-state index contributed by atoms with van der Waals surface area (Å²) in [5.41, 5.74) is 3.72. The van der Waals surface area contributed by atoms with Crippen molar-refractivity contribution in [2.75, 3.05) is 6.16 Å². The molecular weight excluding hydrogens is 514 g/mol. The highest BCUT2D eigenvalue weighted by Gasteiger charge is 2.53. The van der Waals surface area contributed by atoms with Gasteiger partial charge in [0.1, 0.15) is 16.8 Å². The van der Waals surface area contributed by atoms with Crippen LogP contribution in [0.5, 0.6) is 0 Å². The van der Waals surface area contributed by atoms with Crippen LogP contribution >= 0.6 is 17.2 Å². The predicted molar refractivity (Wildman–Crippen MR) is 166 cm³/mol. The van der Waals surface area contributed by atoms with Crippen molar-refractivity contribution < 1.29 is 0 Å². The minimum Gasteiger partial charge on any atom is -0.240 e. The smallest absolute Gasteiger partial charge is 0.149 e. The molecule has 39 heavy (non-hydrogen) atoms. The fourth-order valence-electron chi connectivity index (χ4n) is 8.48. The van der Waals surface area contributed by atoms with Gasteiger partial charge in [0, 0.05) is 30.7 Å². The first kappa shape index (κ1) is 27.7. The predicted octanol–water partition coefficient (Wildman–Crippen LogP) is 8.02. The zero-order chi connectivity index (χ0) is 27.6. The molecule has 4 bridgehead atoms. The Bertz CT molecular complexity index is 1170. The second-order valence-corrected chi connectivity index (χ2v) is 18.9. The maximum atomic E-state index is 4.80. The second-order valence-electron chi connectivity index (χ2n) is 14.8. The van der Waals surface area contributed by atoms with Crippen molar-refractivity contribution in [1.82, 2.24) is 19.9 Å². The Kier molecular flexibility index (Phi) is 7.16. The van der Waals surface area contributed by atoms with E-state index in [1.165, 1.54) is 49.4 Å². The average Bonchev–Trinajstić information content (AvgIpc) is 3.33. The molecule has 2 aromatic heterocycles. The average molecular weight is 561 g/mol. The Morgan fingerprint density at radius 2 is 1.26 bits per heavy atom. The molecule has 2 aromatic rings. The molecule has 0 amide bonds. The largest absolute Gasteiger partial charge is 0.240 e. The SMILES string of the molecule is CC(C)(C)C1=CC(CP(C2C3CC4CC(C3)CC2C4)C(C)(C)C)C(C(P)(c2ncccn2)c2ncccn2)=C1. The first-order valence-electron chi connectivity index (χ1n) is 15.0. The molecular formula is C33H46N4P2. The van der Waals surface area contributed by atoms with E-state index >= 15 is 0 Å². The molecule has 4 nitrogen and oxygen atoms in total. The Morgan fingerprint density at radius 3 is 1.69 bits per heavy atom. The monoisotopic (exact) mass is 560 g/mol. The quantitative estimate of drug-likeness (QED) is 0.336. The van der Waals surface area contributed by atoms with E-state index < -0.39 is 5.16 Å². The van der Waals surface area contributed by atoms with E-state index in [2.05, 4.69) is 62.9 Å². The van der Waals surface area contributed by atoms with Crippen LogP contribution in [0.4, 0.5) is 0 Å². The van der Waals surface area contributed by atoms with Crippen LogP contribution in [-0.2, 0) is 5.16 Å². The van der Waals surface area contributed by atoms with E-state index in [9.17, 15) is 0 Å². The second kappa shape index (κ2) is 10.1. The van der Waals surface area contributed by atoms with E-state index in [4.69, 9.17) is 19.9 Å². The Morgan fingerprint density at radius 1 is 0.769 bits per heavy atom. The van der Waals surface area contributed by atoms with Gasteiger partial charge in [0.05, 0.1) is 0 Å². The summed E-state index contributed by atoms with van der Waals surface area (Å²) in [6, 6.07) is 3.79. The van der Waals surface area contributed by atoms with E-state index in [0.29, 0.717) is 11.1 Å². The maximum absolute atomic E-state index is 4.80. The number of hydrogen-bond acceptors (Lipinski definition) is 4. The summed E-state index contributed by atoms with van der Waals surface area (Å²) in [6.45, 7) is 14.6. The summed E-state index contributed by atoms with van der Waals surface area (Å²) in [6.07, 6.45) is 21.2. The summed E-state index contributed by atoms with van der Waals surface area (Å²) < 4.78 is 0. The van der Waals surface area contributed by atoms with Crippen LogP contribution in [-0.4, -0.2) is 36.9 Å². The lowest BCUT2D eigenvalue weighted by molar-refractivity contribution is 0.0242. The Balaban J connectivity index is 1.43. The van der Waals surface area contributed by atoms with Gasteiger partial charge in [0.15, 0.2) is 0 Å². The van der Waals surface area contributed by atoms with Crippen molar-refractivity contribution in [2.24, 2.45) is 35.0 Å².